The Morgan fingerprint density at radius 1 is 1.12 bits per heavy atom. The molecule has 0 atom stereocenters. The van der Waals surface area contributed by atoms with Gasteiger partial charge in [-0.3, -0.25) is 4.99 Å². The van der Waals surface area contributed by atoms with E-state index >= 15 is 0 Å². The largest absolute Gasteiger partial charge is 0.357 e. The lowest BCUT2D eigenvalue weighted by Gasteiger charge is -2.24. The first-order valence-electron chi connectivity index (χ1n) is 7.43. The molecule has 2 fully saturated rings. The van der Waals surface area contributed by atoms with Gasteiger partial charge in [-0.1, -0.05) is 32.1 Å². The molecule has 0 bridgehead atoms. The number of hydrogen-bond donors (Lipinski definition) is 2. The predicted octanol–water partition coefficient (Wildman–Crippen LogP) is 2.67. The zero-order chi connectivity index (χ0) is 11.9. The van der Waals surface area contributed by atoms with Crippen LogP contribution in [0.4, 0.5) is 0 Å². The molecule has 0 heterocycles. The second-order valence-electron chi connectivity index (χ2n) is 5.47. The Morgan fingerprint density at radius 3 is 2.53 bits per heavy atom. The zero-order valence-corrected chi connectivity index (χ0v) is 11.2. The van der Waals surface area contributed by atoms with Gasteiger partial charge in [-0.15, -0.1) is 0 Å². The Balaban J connectivity index is 1.72. The molecule has 3 heteroatoms. The van der Waals surface area contributed by atoms with Crippen LogP contribution in [-0.2, 0) is 0 Å². The first kappa shape index (κ1) is 12.7. The summed E-state index contributed by atoms with van der Waals surface area (Å²) in [5, 5.41) is 6.95. The molecular weight excluding hydrogens is 210 g/mol. The molecule has 0 aromatic heterocycles. The summed E-state index contributed by atoms with van der Waals surface area (Å²) < 4.78 is 0. The highest BCUT2D eigenvalue weighted by Gasteiger charge is 2.20. The Labute approximate surface area is 105 Å². The molecule has 0 amide bonds. The fraction of sp³-hybridized carbons (Fsp3) is 0.929. The van der Waals surface area contributed by atoms with Gasteiger partial charge in [-0.2, -0.15) is 0 Å². The summed E-state index contributed by atoms with van der Waals surface area (Å²) in [5.41, 5.74) is 0. The van der Waals surface area contributed by atoms with Crippen LogP contribution < -0.4 is 10.6 Å². The monoisotopic (exact) mass is 237 g/mol. The molecule has 2 aliphatic rings. The Bertz CT molecular complexity index is 240. The third-order valence-corrected chi connectivity index (χ3v) is 3.79. The molecule has 2 saturated carbocycles. The van der Waals surface area contributed by atoms with E-state index in [2.05, 4.69) is 22.5 Å². The van der Waals surface area contributed by atoms with Gasteiger partial charge in [-0.25, -0.2) is 0 Å². The average molecular weight is 237 g/mol. The topological polar surface area (TPSA) is 36.4 Å². The Hall–Kier alpha value is -0.730. The summed E-state index contributed by atoms with van der Waals surface area (Å²) in [6, 6.07) is 0.655. The predicted molar refractivity (Wildman–Crippen MR) is 73.3 cm³/mol. The fourth-order valence-corrected chi connectivity index (χ4v) is 2.53. The lowest BCUT2D eigenvalue weighted by atomic mass is 9.96. The SMILES string of the molecule is CCNC(=NCCC1CC1)NC1CCCCC1. The third-order valence-electron chi connectivity index (χ3n) is 3.79. The molecule has 0 spiro atoms. The van der Waals surface area contributed by atoms with Crippen molar-refractivity contribution >= 4 is 5.96 Å². The molecule has 0 aromatic rings. The van der Waals surface area contributed by atoms with Crippen LogP contribution >= 0.6 is 0 Å². The Kier molecular flexibility index (Phi) is 5.14. The van der Waals surface area contributed by atoms with E-state index in [4.69, 9.17) is 0 Å². The van der Waals surface area contributed by atoms with Crippen molar-refractivity contribution in [2.24, 2.45) is 10.9 Å². The highest BCUT2D eigenvalue weighted by molar-refractivity contribution is 5.80. The van der Waals surface area contributed by atoms with Gasteiger partial charge in [0.2, 0.25) is 0 Å². The summed E-state index contributed by atoms with van der Waals surface area (Å²) in [6.45, 7) is 4.09. The van der Waals surface area contributed by atoms with Crippen molar-refractivity contribution in [3.63, 3.8) is 0 Å². The van der Waals surface area contributed by atoms with E-state index in [-0.39, 0.29) is 0 Å². The first-order chi connectivity index (χ1) is 8.38. The van der Waals surface area contributed by atoms with Crippen LogP contribution in [0.2, 0.25) is 0 Å². The van der Waals surface area contributed by atoms with Crippen LogP contribution in [0, 0.1) is 5.92 Å². The summed E-state index contributed by atoms with van der Waals surface area (Å²) >= 11 is 0. The van der Waals surface area contributed by atoms with Crippen molar-refractivity contribution < 1.29 is 0 Å². The fourth-order valence-electron chi connectivity index (χ4n) is 2.53. The molecule has 0 saturated heterocycles. The maximum atomic E-state index is 4.68. The highest BCUT2D eigenvalue weighted by atomic mass is 15.2. The molecule has 3 nitrogen and oxygen atoms in total. The van der Waals surface area contributed by atoms with Crippen molar-refractivity contribution in [2.45, 2.75) is 64.3 Å². The molecule has 0 aromatic carbocycles. The first-order valence-corrected chi connectivity index (χ1v) is 7.43. The molecule has 98 valence electrons. The second-order valence-corrected chi connectivity index (χ2v) is 5.47. The maximum Gasteiger partial charge on any atom is 0.191 e. The van der Waals surface area contributed by atoms with E-state index in [9.17, 15) is 0 Å². The standard InChI is InChI=1S/C14H27N3/c1-2-15-14(16-11-10-12-8-9-12)17-13-6-4-3-5-7-13/h12-13H,2-11H2,1H3,(H2,15,16,17). The molecule has 2 rings (SSSR count). The Morgan fingerprint density at radius 2 is 1.88 bits per heavy atom. The van der Waals surface area contributed by atoms with E-state index < -0.39 is 0 Å². The lowest BCUT2D eigenvalue weighted by Crippen LogP contribution is -2.44. The van der Waals surface area contributed by atoms with Gasteiger partial charge < -0.3 is 10.6 Å². The van der Waals surface area contributed by atoms with E-state index in [1.807, 2.05) is 0 Å². The summed E-state index contributed by atoms with van der Waals surface area (Å²) in [6.07, 6.45) is 10.9. The zero-order valence-electron chi connectivity index (χ0n) is 11.2. The molecule has 2 aliphatic carbocycles. The van der Waals surface area contributed by atoms with Gasteiger partial charge in [0.1, 0.15) is 0 Å². The van der Waals surface area contributed by atoms with Gasteiger partial charge in [-0.05, 0) is 32.1 Å². The minimum atomic E-state index is 0.655. The molecule has 0 aliphatic heterocycles. The quantitative estimate of drug-likeness (QED) is 0.570. The van der Waals surface area contributed by atoms with Gasteiger partial charge >= 0.3 is 0 Å². The number of guanidine groups is 1. The van der Waals surface area contributed by atoms with Crippen LogP contribution in [0.25, 0.3) is 0 Å². The molecule has 2 N–H and O–H groups in total. The van der Waals surface area contributed by atoms with Crippen LogP contribution in [0.3, 0.4) is 0 Å². The van der Waals surface area contributed by atoms with Crippen molar-refractivity contribution in [1.29, 1.82) is 0 Å². The van der Waals surface area contributed by atoms with Crippen LogP contribution in [0.1, 0.15) is 58.3 Å². The number of rotatable bonds is 5. The molecular formula is C14H27N3. The number of nitrogens with one attached hydrogen (secondary N) is 2. The van der Waals surface area contributed by atoms with Gasteiger partial charge in [0.15, 0.2) is 5.96 Å². The van der Waals surface area contributed by atoms with Gasteiger partial charge in [0.25, 0.3) is 0 Å². The van der Waals surface area contributed by atoms with Gasteiger partial charge in [0, 0.05) is 19.1 Å². The van der Waals surface area contributed by atoms with Gasteiger partial charge in [0.05, 0.1) is 0 Å². The number of nitrogens with zero attached hydrogens (tertiary/aromatic N) is 1. The lowest BCUT2D eigenvalue weighted by molar-refractivity contribution is 0.410. The number of hydrogen-bond acceptors (Lipinski definition) is 1. The summed E-state index contributed by atoms with van der Waals surface area (Å²) in [7, 11) is 0. The average Bonchev–Trinajstić information content (AvgIpc) is 3.15. The second kappa shape index (κ2) is 6.87. The van der Waals surface area contributed by atoms with E-state index in [0.717, 1.165) is 25.0 Å². The maximum absolute atomic E-state index is 4.68. The van der Waals surface area contributed by atoms with Crippen LogP contribution in [0.5, 0.6) is 0 Å². The smallest absolute Gasteiger partial charge is 0.191 e. The van der Waals surface area contributed by atoms with Crippen LogP contribution in [0.15, 0.2) is 4.99 Å². The minimum Gasteiger partial charge on any atom is -0.357 e. The van der Waals surface area contributed by atoms with Crippen molar-refractivity contribution in [2.75, 3.05) is 13.1 Å². The molecule has 0 radical (unpaired) electrons. The third kappa shape index (κ3) is 4.97. The van der Waals surface area contributed by atoms with E-state index in [1.54, 1.807) is 0 Å². The highest BCUT2D eigenvalue weighted by Crippen LogP contribution is 2.32. The summed E-state index contributed by atoms with van der Waals surface area (Å²) in [4.78, 5) is 4.68. The summed E-state index contributed by atoms with van der Waals surface area (Å²) in [5.74, 6) is 2.02. The van der Waals surface area contributed by atoms with E-state index in [0.29, 0.717) is 6.04 Å². The molecule has 0 unspecified atom stereocenters. The van der Waals surface area contributed by atoms with E-state index in [1.165, 1.54) is 51.4 Å². The van der Waals surface area contributed by atoms with Crippen molar-refractivity contribution in [3.05, 3.63) is 0 Å². The minimum absolute atomic E-state index is 0.655. The normalized spacial score (nSPS) is 22.5. The van der Waals surface area contributed by atoms with Crippen LogP contribution in [-0.4, -0.2) is 25.1 Å². The van der Waals surface area contributed by atoms with Crippen molar-refractivity contribution in [3.8, 4) is 0 Å². The molecule has 17 heavy (non-hydrogen) atoms. The van der Waals surface area contributed by atoms with Crippen molar-refractivity contribution in [1.82, 2.24) is 10.6 Å². The number of aliphatic imine (C=N–C) groups is 1.